The third-order valence-electron chi connectivity index (χ3n) is 4.33. The second-order valence-electron chi connectivity index (χ2n) is 6.29. The number of aromatic nitrogens is 3. The first-order valence-electron chi connectivity index (χ1n) is 8.64. The average molecular weight is 437 g/mol. The van der Waals surface area contributed by atoms with Crippen LogP contribution in [0.5, 0.6) is 0 Å². The zero-order valence-electron chi connectivity index (χ0n) is 15.1. The second kappa shape index (κ2) is 7.44. The van der Waals surface area contributed by atoms with E-state index in [1.165, 1.54) is 6.92 Å². The third-order valence-corrected chi connectivity index (χ3v) is 4.83. The van der Waals surface area contributed by atoms with Crippen LogP contribution in [0.25, 0.3) is 28.1 Å². The monoisotopic (exact) mass is 436 g/mol. The average Bonchev–Trinajstić information content (AvgIpc) is 3.05. The number of ether oxygens (including phenoxy) is 1. The van der Waals surface area contributed by atoms with Gasteiger partial charge in [-0.25, -0.2) is 9.97 Å². The number of halogens is 1. The van der Waals surface area contributed by atoms with E-state index in [0.29, 0.717) is 11.6 Å². The van der Waals surface area contributed by atoms with Gasteiger partial charge in [0, 0.05) is 23.3 Å². The lowest BCUT2D eigenvalue weighted by Gasteiger charge is -2.11. The van der Waals surface area contributed by atoms with Gasteiger partial charge in [0.1, 0.15) is 18.2 Å². The summed E-state index contributed by atoms with van der Waals surface area (Å²) in [5.74, 6) is 0.833. The smallest absolute Gasteiger partial charge is 0.302 e. The van der Waals surface area contributed by atoms with Crippen LogP contribution in [0.3, 0.4) is 0 Å². The van der Waals surface area contributed by atoms with Gasteiger partial charge in [-0.05, 0) is 48.0 Å². The van der Waals surface area contributed by atoms with Crippen molar-refractivity contribution < 1.29 is 9.53 Å². The molecule has 7 heteroatoms. The van der Waals surface area contributed by atoms with Crippen LogP contribution in [-0.2, 0) is 16.1 Å². The van der Waals surface area contributed by atoms with Crippen LogP contribution in [0.1, 0.15) is 12.5 Å². The molecule has 2 heterocycles. The number of carbonyl (C=O) groups is 1. The molecule has 2 aromatic carbocycles. The highest BCUT2D eigenvalue weighted by atomic mass is 79.9. The first-order valence-corrected chi connectivity index (χ1v) is 9.44. The van der Waals surface area contributed by atoms with Crippen molar-refractivity contribution in [2.75, 3.05) is 5.73 Å². The highest BCUT2D eigenvalue weighted by Crippen LogP contribution is 2.32. The van der Waals surface area contributed by atoms with Crippen molar-refractivity contribution in [3.05, 3.63) is 70.8 Å². The maximum absolute atomic E-state index is 11.0. The van der Waals surface area contributed by atoms with Gasteiger partial charge in [0.15, 0.2) is 0 Å². The molecule has 0 unspecified atom stereocenters. The SMILES string of the molecule is CC(=O)OCc1ccc(-n2c(-c3cccnc3N)nc3ccc(Br)cc32)cc1. The summed E-state index contributed by atoms with van der Waals surface area (Å²) < 4.78 is 8.07. The molecule has 0 radical (unpaired) electrons. The Kier molecular flexibility index (Phi) is 4.83. The van der Waals surface area contributed by atoms with Crippen molar-refractivity contribution in [2.24, 2.45) is 0 Å². The Morgan fingerprint density at radius 3 is 2.68 bits per heavy atom. The summed E-state index contributed by atoms with van der Waals surface area (Å²) >= 11 is 3.54. The van der Waals surface area contributed by atoms with Crippen molar-refractivity contribution >= 4 is 38.8 Å². The van der Waals surface area contributed by atoms with Gasteiger partial charge in [-0.15, -0.1) is 0 Å². The van der Waals surface area contributed by atoms with Gasteiger partial charge in [-0.2, -0.15) is 0 Å². The summed E-state index contributed by atoms with van der Waals surface area (Å²) in [5, 5.41) is 0. The minimum Gasteiger partial charge on any atom is -0.461 e. The number of nitrogen functional groups attached to an aromatic ring is 1. The van der Waals surface area contributed by atoms with Crippen LogP contribution in [0.4, 0.5) is 5.82 Å². The lowest BCUT2D eigenvalue weighted by molar-refractivity contribution is -0.142. The molecule has 0 aliphatic carbocycles. The Morgan fingerprint density at radius 2 is 1.96 bits per heavy atom. The number of imidazole rings is 1. The van der Waals surface area contributed by atoms with Crippen molar-refractivity contribution in [1.82, 2.24) is 14.5 Å². The Balaban J connectivity index is 1.87. The number of anilines is 1. The molecule has 2 aromatic heterocycles. The largest absolute Gasteiger partial charge is 0.461 e. The quantitative estimate of drug-likeness (QED) is 0.476. The molecule has 4 rings (SSSR count). The summed E-state index contributed by atoms with van der Waals surface area (Å²) in [6.07, 6.45) is 1.66. The molecule has 0 amide bonds. The van der Waals surface area contributed by atoms with Crippen LogP contribution < -0.4 is 5.73 Å². The van der Waals surface area contributed by atoms with Gasteiger partial charge >= 0.3 is 5.97 Å². The number of nitrogens with zero attached hydrogens (tertiary/aromatic N) is 3. The van der Waals surface area contributed by atoms with E-state index in [4.69, 9.17) is 15.5 Å². The fourth-order valence-corrected chi connectivity index (χ4v) is 3.37. The summed E-state index contributed by atoms with van der Waals surface area (Å²) in [5.41, 5.74) is 10.5. The number of pyridine rings is 1. The van der Waals surface area contributed by atoms with Gasteiger partial charge in [-0.3, -0.25) is 9.36 Å². The predicted molar refractivity (Wildman–Crippen MR) is 112 cm³/mol. The minimum absolute atomic E-state index is 0.244. The van der Waals surface area contributed by atoms with Gasteiger partial charge in [-0.1, -0.05) is 28.1 Å². The fourth-order valence-electron chi connectivity index (χ4n) is 3.02. The molecular weight excluding hydrogens is 420 g/mol. The van der Waals surface area contributed by atoms with Gasteiger partial charge in [0.05, 0.1) is 16.6 Å². The number of hydrogen-bond acceptors (Lipinski definition) is 5. The maximum Gasteiger partial charge on any atom is 0.302 e. The predicted octanol–water partition coefficient (Wildman–Crippen LogP) is 4.50. The Hall–Kier alpha value is -3.19. The van der Waals surface area contributed by atoms with E-state index < -0.39 is 0 Å². The minimum atomic E-state index is -0.302. The molecule has 6 nitrogen and oxygen atoms in total. The maximum atomic E-state index is 11.0. The summed E-state index contributed by atoms with van der Waals surface area (Å²) in [6.45, 7) is 1.64. The first-order chi connectivity index (χ1) is 13.5. The fraction of sp³-hybridized carbons (Fsp3) is 0.0952. The number of fused-ring (bicyclic) bond motifs is 1. The standard InChI is InChI=1S/C21H17BrN4O2/c1-13(27)28-12-14-4-7-16(8-5-14)26-19-11-15(22)6-9-18(19)25-21(26)17-3-2-10-24-20(17)23/h2-11H,12H2,1H3,(H2,23,24). The molecule has 4 aromatic rings. The van der Waals surface area contributed by atoms with Crippen LogP contribution in [0, 0.1) is 0 Å². The molecule has 28 heavy (non-hydrogen) atoms. The molecule has 0 bridgehead atoms. The highest BCUT2D eigenvalue weighted by Gasteiger charge is 2.17. The number of nitrogens with two attached hydrogens (primary N) is 1. The molecule has 140 valence electrons. The molecule has 0 aliphatic heterocycles. The Bertz CT molecular complexity index is 1170. The Labute approximate surface area is 170 Å². The number of esters is 1. The number of benzene rings is 2. The summed E-state index contributed by atoms with van der Waals surface area (Å²) in [7, 11) is 0. The summed E-state index contributed by atoms with van der Waals surface area (Å²) in [6, 6.07) is 17.5. The zero-order valence-corrected chi connectivity index (χ0v) is 16.7. The number of carbonyl (C=O) groups excluding carboxylic acids is 1. The van der Waals surface area contributed by atoms with Crippen LogP contribution in [0.2, 0.25) is 0 Å². The lowest BCUT2D eigenvalue weighted by Crippen LogP contribution is -2.02. The molecule has 0 atom stereocenters. The third kappa shape index (κ3) is 3.48. The molecule has 0 fully saturated rings. The normalized spacial score (nSPS) is 10.9. The van der Waals surface area contributed by atoms with Crippen molar-refractivity contribution in [1.29, 1.82) is 0 Å². The molecule has 0 saturated carbocycles. The van der Waals surface area contributed by atoms with E-state index in [0.717, 1.165) is 32.3 Å². The molecule has 0 saturated heterocycles. The van der Waals surface area contributed by atoms with Crippen molar-refractivity contribution in [3.8, 4) is 17.1 Å². The second-order valence-corrected chi connectivity index (χ2v) is 7.20. The van der Waals surface area contributed by atoms with Crippen LogP contribution >= 0.6 is 15.9 Å². The van der Waals surface area contributed by atoms with E-state index in [1.807, 2.05) is 59.2 Å². The van der Waals surface area contributed by atoms with E-state index >= 15 is 0 Å². The lowest BCUT2D eigenvalue weighted by atomic mass is 10.2. The van der Waals surface area contributed by atoms with E-state index in [-0.39, 0.29) is 12.6 Å². The summed E-state index contributed by atoms with van der Waals surface area (Å²) in [4.78, 5) is 20.0. The zero-order chi connectivity index (χ0) is 19.7. The highest BCUT2D eigenvalue weighted by molar-refractivity contribution is 9.10. The topological polar surface area (TPSA) is 83.0 Å². The van der Waals surface area contributed by atoms with Crippen LogP contribution in [0.15, 0.2) is 65.3 Å². The van der Waals surface area contributed by atoms with Crippen LogP contribution in [-0.4, -0.2) is 20.5 Å². The van der Waals surface area contributed by atoms with E-state index in [1.54, 1.807) is 6.20 Å². The molecule has 0 aliphatic rings. The molecular formula is C21H17BrN4O2. The van der Waals surface area contributed by atoms with Gasteiger partial charge < -0.3 is 10.5 Å². The van der Waals surface area contributed by atoms with Crippen molar-refractivity contribution in [3.63, 3.8) is 0 Å². The van der Waals surface area contributed by atoms with Crippen molar-refractivity contribution in [2.45, 2.75) is 13.5 Å². The van der Waals surface area contributed by atoms with E-state index in [2.05, 4.69) is 20.9 Å². The van der Waals surface area contributed by atoms with E-state index in [9.17, 15) is 4.79 Å². The number of rotatable bonds is 4. The Morgan fingerprint density at radius 1 is 1.18 bits per heavy atom. The van der Waals surface area contributed by atoms with Gasteiger partial charge in [0.25, 0.3) is 0 Å². The van der Waals surface area contributed by atoms with Gasteiger partial charge in [0.2, 0.25) is 0 Å². The molecule has 2 N–H and O–H groups in total. The number of hydrogen-bond donors (Lipinski definition) is 1. The first kappa shape index (κ1) is 18.2. The molecule has 0 spiro atoms.